The SMILES string of the molecule is CC(C)CN1C[C@H](OCc2ccccc2)CN(C(=O)c2ccsc2)CC1=O. The first-order valence-corrected chi connectivity index (χ1v) is 10.2. The van der Waals surface area contributed by atoms with Gasteiger partial charge in [0, 0.05) is 25.0 Å². The molecular weight excluding hydrogens is 360 g/mol. The molecule has 2 amide bonds. The summed E-state index contributed by atoms with van der Waals surface area (Å²) >= 11 is 1.48. The Hall–Kier alpha value is -2.18. The van der Waals surface area contributed by atoms with E-state index in [1.165, 1.54) is 11.3 Å². The molecule has 6 heteroatoms. The number of hydrogen-bond acceptors (Lipinski definition) is 4. The van der Waals surface area contributed by atoms with Crippen molar-refractivity contribution in [2.75, 3.05) is 26.2 Å². The van der Waals surface area contributed by atoms with Crippen LogP contribution in [0.25, 0.3) is 0 Å². The van der Waals surface area contributed by atoms with Gasteiger partial charge in [0.25, 0.3) is 5.91 Å². The number of benzene rings is 1. The minimum absolute atomic E-state index is 0.0157. The standard InChI is InChI=1S/C21H26N2O3S/c1-16(2)10-22-11-19(26-14-17-6-4-3-5-7-17)12-23(13-20(22)24)21(25)18-8-9-27-15-18/h3-9,15-16,19H,10-14H2,1-2H3/t19-/m0/s1. The average molecular weight is 387 g/mol. The summed E-state index contributed by atoms with van der Waals surface area (Å²) < 4.78 is 6.12. The summed E-state index contributed by atoms with van der Waals surface area (Å²) in [6, 6.07) is 11.8. The lowest BCUT2D eigenvalue weighted by Crippen LogP contribution is -2.40. The summed E-state index contributed by atoms with van der Waals surface area (Å²) in [5.41, 5.74) is 1.71. The van der Waals surface area contributed by atoms with E-state index in [9.17, 15) is 9.59 Å². The lowest BCUT2D eigenvalue weighted by molar-refractivity contribution is -0.132. The molecule has 1 atom stereocenters. The minimum Gasteiger partial charge on any atom is -0.370 e. The largest absolute Gasteiger partial charge is 0.370 e. The monoisotopic (exact) mass is 386 g/mol. The van der Waals surface area contributed by atoms with Crippen molar-refractivity contribution in [3.63, 3.8) is 0 Å². The Morgan fingerprint density at radius 3 is 2.67 bits per heavy atom. The van der Waals surface area contributed by atoms with Gasteiger partial charge in [-0.05, 0) is 22.9 Å². The van der Waals surface area contributed by atoms with E-state index in [0.717, 1.165) is 5.56 Å². The van der Waals surface area contributed by atoms with E-state index >= 15 is 0 Å². The second kappa shape index (κ2) is 9.15. The van der Waals surface area contributed by atoms with Gasteiger partial charge in [-0.15, -0.1) is 0 Å². The lowest BCUT2D eigenvalue weighted by Gasteiger charge is -2.26. The number of ether oxygens (including phenoxy) is 1. The summed E-state index contributed by atoms with van der Waals surface area (Å²) in [5.74, 6) is 0.241. The van der Waals surface area contributed by atoms with Crippen molar-refractivity contribution < 1.29 is 14.3 Å². The predicted molar refractivity (Wildman–Crippen MR) is 107 cm³/mol. The summed E-state index contributed by atoms with van der Waals surface area (Å²) in [7, 11) is 0. The second-order valence-electron chi connectivity index (χ2n) is 7.31. The van der Waals surface area contributed by atoms with Gasteiger partial charge in [0.2, 0.25) is 5.91 Å². The van der Waals surface area contributed by atoms with Crippen LogP contribution < -0.4 is 0 Å². The fraction of sp³-hybridized carbons (Fsp3) is 0.429. The molecule has 1 aliphatic rings. The molecule has 1 aromatic heterocycles. The number of carbonyl (C=O) groups excluding carboxylic acids is 2. The van der Waals surface area contributed by atoms with Gasteiger partial charge < -0.3 is 14.5 Å². The van der Waals surface area contributed by atoms with Crippen LogP contribution in [0.1, 0.15) is 29.8 Å². The van der Waals surface area contributed by atoms with Crippen molar-refractivity contribution in [3.8, 4) is 0 Å². The Kier molecular flexibility index (Phi) is 6.63. The van der Waals surface area contributed by atoms with E-state index in [2.05, 4.69) is 13.8 Å². The summed E-state index contributed by atoms with van der Waals surface area (Å²) in [4.78, 5) is 29.0. The van der Waals surface area contributed by atoms with Crippen LogP contribution in [0.5, 0.6) is 0 Å². The lowest BCUT2D eigenvalue weighted by atomic mass is 10.2. The smallest absolute Gasteiger partial charge is 0.255 e. The number of nitrogens with zero attached hydrogens (tertiary/aromatic N) is 2. The maximum atomic E-state index is 12.8. The predicted octanol–water partition coefficient (Wildman–Crippen LogP) is 3.27. The van der Waals surface area contributed by atoms with Crippen molar-refractivity contribution >= 4 is 23.2 Å². The quantitative estimate of drug-likeness (QED) is 0.766. The van der Waals surface area contributed by atoms with Crippen LogP contribution in [0.3, 0.4) is 0 Å². The molecular formula is C21H26N2O3S. The third-order valence-corrected chi connectivity index (χ3v) is 5.18. The van der Waals surface area contributed by atoms with E-state index in [4.69, 9.17) is 4.74 Å². The highest BCUT2D eigenvalue weighted by atomic mass is 32.1. The highest BCUT2D eigenvalue weighted by Gasteiger charge is 2.31. The molecule has 0 saturated carbocycles. The topological polar surface area (TPSA) is 49.9 Å². The van der Waals surface area contributed by atoms with Gasteiger partial charge in [0.1, 0.15) is 6.54 Å². The summed E-state index contributed by atoms with van der Waals surface area (Å²) in [6.07, 6.45) is -0.210. The van der Waals surface area contributed by atoms with Crippen LogP contribution >= 0.6 is 11.3 Å². The Morgan fingerprint density at radius 1 is 1.22 bits per heavy atom. The van der Waals surface area contributed by atoms with Gasteiger partial charge in [-0.3, -0.25) is 9.59 Å². The maximum absolute atomic E-state index is 12.8. The Bertz CT molecular complexity index is 746. The zero-order valence-electron chi connectivity index (χ0n) is 15.8. The molecule has 27 heavy (non-hydrogen) atoms. The van der Waals surface area contributed by atoms with Crippen molar-refractivity contribution in [3.05, 3.63) is 58.3 Å². The molecule has 1 aliphatic heterocycles. The molecule has 0 spiro atoms. The Balaban J connectivity index is 1.74. The van der Waals surface area contributed by atoms with Crippen LogP contribution in [0, 0.1) is 5.92 Å². The molecule has 0 bridgehead atoms. The van der Waals surface area contributed by atoms with Crippen molar-refractivity contribution in [1.29, 1.82) is 0 Å². The first kappa shape index (κ1) is 19.6. The highest BCUT2D eigenvalue weighted by molar-refractivity contribution is 7.08. The zero-order chi connectivity index (χ0) is 19.2. The van der Waals surface area contributed by atoms with Gasteiger partial charge in [0.15, 0.2) is 0 Å². The first-order chi connectivity index (χ1) is 13.0. The Morgan fingerprint density at radius 2 is 2.00 bits per heavy atom. The number of carbonyl (C=O) groups is 2. The van der Waals surface area contributed by atoms with Crippen LogP contribution in [0.2, 0.25) is 0 Å². The molecule has 1 fully saturated rings. The normalized spacial score (nSPS) is 18.0. The van der Waals surface area contributed by atoms with Crippen LogP contribution in [-0.4, -0.2) is 53.9 Å². The average Bonchev–Trinajstić information content (AvgIpc) is 3.14. The van der Waals surface area contributed by atoms with Crippen LogP contribution in [0.4, 0.5) is 0 Å². The molecule has 1 saturated heterocycles. The van der Waals surface area contributed by atoms with Crippen LogP contribution in [0.15, 0.2) is 47.2 Å². The number of rotatable bonds is 6. The van der Waals surface area contributed by atoms with Gasteiger partial charge >= 0.3 is 0 Å². The molecule has 144 valence electrons. The minimum atomic E-state index is -0.210. The first-order valence-electron chi connectivity index (χ1n) is 9.27. The Labute approximate surface area is 164 Å². The van der Waals surface area contributed by atoms with Gasteiger partial charge in [-0.1, -0.05) is 44.2 Å². The molecule has 0 aliphatic carbocycles. The molecule has 2 heterocycles. The fourth-order valence-electron chi connectivity index (χ4n) is 3.21. The molecule has 0 unspecified atom stereocenters. The van der Waals surface area contributed by atoms with E-state index in [0.29, 0.717) is 37.7 Å². The number of hydrogen-bond donors (Lipinski definition) is 0. The maximum Gasteiger partial charge on any atom is 0.255 e. The van der Waals surface area contributed by atoms with E-state index in [1.54, 1.807) is 11.0 Å². The van der Waals surface area contributed by atoms with Crippen molar-refractivity contribution in [2.45, 2.75) is 26.6 Å². The number of amides is 2. The highest BCUT2D eigenvalue weighted by Crippen LogP contribution is 2.16. The van der Waals surface area contributed by atoms with Crippen molar-refractivity contribution in [1.82, 2.24) is 9.80 Å². The third kappa shape index (κ3) is 5.40. The third-order valence-electron chi connectivity index (χ3n) is 4.50. The fourth-order valence-corrected chi connectivity index (χ4v) is 3.84. The van der Waals surface area contributed by atoms with E-state index in [-0.39, 0.29) is 24.5 Å². The van der Waals surface area contributed by atoms with Crippen LogP contribution in [-0.2, 0) is 16.1 Å². The van der Waals surface area contributed by atoms with Crippen molar-refractivity contribution in [2.24, 2.45) is 5.92 Å². The van der Waals surface area contributed by atoms with Gasteiger partial charge in [0.05, 0.1) is 18.3 Å². The van der Waals surface area contributed by atoms with E-state index in [1.807, 2.05) is 46.0 Å². The molecule has 1 aromatic carbocycles. The molecule has 5 nitrogen and oxygen atoms in total. The zero-order valence-corrected chi connectivity index (χ0v) is 16.7. The van der Waals surface area contributed by atoms with E-state index < -0.39 is 0 Å². The molecule has 0 N–H and O–H groups in total. The van der Waals surface area contributed by atoms with Gasteiger partial charge in [-0.2, -0.15) is 11.3 Å². The summed E-state index contributed by atoms with van der Waals surface area (Å²) in [5, 5.41) is 3.70. The molecule has 3 rings (SSSR count). The summed E-state index contributed by atoms with van der Waals surface area (Å²) in [6.45, 7) is 6.35. The second-order valence-corrected chi connectivity index (χ2v) is 8.09. The molecule has 0 radical (unpaired) electrons. The molecule has 2 aromatic rings. The number of thiophene rings is 1. The van der Waals surface area contributed by atoms with Gasteiger partial charge in [-0.25, -0.2) is 0 Å².